The van der Waals surface area contributed by atoms with Gasteiger partial charge in [-0.3, -0.25) is 9.59 Å². The molecule has 12 heteroatoms. The third-order valence-electron chi connectivity index (χ3n) is 9.09. The molecule has 1 saturated carbocycles. The Balaban J connectivity index is 1.50. The van der Waals surface area contributed by atoms with Crippen LogP contribution < -0.4 is 14.8 Å². The van der Waals surface area contributed by atoms with Gasteiger partial charge in [0.2, 0.25) is 5.91 Å². The summed E-state index contributed by atoms with van der Waals surface area (Å²) < 4.78 is 37.7. The normalized spacial score (nSPS) is 17.0. The summed E-state index contributed by atoms with van der Waals surface area (Å²) in [5.41, 5.74) is 6.20. The van der Waals surface area contributed by atoms with E-state index in [2.05, 4.69) is 25.7 Å². The number of amides is 2. The van der Waals surface area contributed by atoms with Crippen molar-refractivity contribution >= 4 is 32.9 Å². The Morgan fingerprint density at radius 1 is 1.09 bits per heavy atom. The predicted octanol–water partition coefficient (Wildman–Crippen LogP) is 4.12. The molecule has 2 aliphatic rings. The third kappa shape index (κ3) is 6.08. The highest BCUT2D eigenvalue weighted by molar-refractivity contribution is 7.87. The summed E-state index contributed by atoms with van der Waals surface area (Å²) in [5, 5.41) is 4.12. The highest BCUT2D eigenvalue weighted by atomic mass is 32.2. The summed E-state index contributed by atoms with van der Waals surface area (Å²) in [5.74, 6) is -0.151. The Morgan fingerprint density at radius 3 is 2.56 bits per heavy atom. The van der Waals surface area contributed by atoms with E-state index in [9.17, 15) is 18.0 Å². The van der Waals surface area contributed by atoms with Crippen LogP contribution in [0.2, 0.25) is 0 Å². The molecule has 0 saturated heterocycles. The van der Waals surface area contributed by atoms with Crippen molar-refractivity contribution < 1.29 is 22.7 Å². The lowest BCUT2D eigenvalue weighted by Gasteiger charge is -2.24. The molecule has 0 bridgehead atoms. The van der Waals surface area contributed by atoms with Crippen molar-refractivity contribution in [3.05, 3.63) is 71.3 Å². The number of hydrogen-bond acceptors (Lipinski definition) is 6. The zero-order valence-electron chi connectivity index (χ0n) is 26.2. The van der Waals surface area contributed by atoms with Gasteiger partial charge < -0.3 is 19.2 Å². The van der Waals surface area contributed by atoms with Crippen LogP contribution in [0.1, 0.15) is 65.2 Å². The highest BCUT2D eigenvalue weighted by Gasteiger charge is 2.33. The number of nitrogens with zero attached hydrogens (tertiary/aromatic N) is 4. The predicted molar refractivity (Wildman–Crippen MR) is 172 cm³/mol. The van der Waals surface area contributed by atoms with Gasteiger partial charge in [-0.05, 0) is 66.6 Å². The lowest BCUT2D eigenvalue weighted by molar-refractivity contribution is -0.125. The van der Waals surface area contributed by atoms with Gasteiger partial charge in [0.1, 0.15) is 5.75 Å². The summed E-state index contributed by atoms with van der Waals surface area (Å²) in [6.07, 6.45) is 9.73. The topological polar surface area (TPSA) is 128 Å². The fraction of sp³-hybridized carbons (Fsp3) is 0.424. The fourth-order valence-corrected chi connectivity index (χ4v) is 7.31. The van der Waals surface area contributed by atoms with Crippen molar-refractivity contribution in [2.24, 2.45) is 13.0 Å². The maximum Gasteiger partial charge on any atom is 0.303 e. The second-order valence-electron chi connectivity index (χ2n) is 12.3. The number of aryl methyl sites for hydroxylation is 1. The van der Waals surface area contributed by atoms with Crippen molar-refractivity contribution in [1.29, 1.82) is 0 Å². The highest BCUT2D eigenvalue weighted by Crippen LogP contribution is 2.47. The number of rotatable bonds is 8. The molecule has 4 aromatic rings. The molecule has 238 valence electrons. The van der Waals surface area contributed by atoms with E-state index in [0.717, 1.165) is 69.2 Å². The van der Waals surface area contributed by atoms with Crippen molar-refractivity contribution in [2.75, 3.05) is 21.2 Å². The van der Waals surface area contributed by atoms with Crippen LogP contribution in [0.3, 0.4) is 0 Å². The van der Waals surface area contributed by atoms with Gasteiger partial charge in [0, 0.05) is 55.9 Å². The maximum atomic E-state index is 13.8. The van der Waals surface area contributed by atoms with E-state index >= 15 is 0 Å². The molecule has 2 aromatic carbocycles. The first-order chi connectivity index (χ1) is 21.6. The van der Waals surface area contributed by atoms with Crippen LogP contribution in [0, 0.1) is 5.92 Å². The van der Waals surface area contributed by atoms with E-state index < -0.39 is 22.0 Å². The quantitative estimate of drug-likeness (QED) is 0.301. The minimum absolute atomic E-state index is 0.0886. The molecular weight excluding hydrogens is 592 g/mol. The van der Waals surface area contributed by atoms with Crippen molar-refractivity contribution in [3.8, 4) is 17.0 Å². The number of aromatic nitrogens is 3. The van der Waals surface area contributed by atoms with Gasteiger partial charge in [-0.25, -0.2) is 9.71 Å². The number of carbonyl (C=O) groups is 2. The molecule has 1 aliphatic carbocycles. The SMILES string of the molecule is COc1ccc2c(c1)CC(C(=O)NCc1cn(C)cn1)Cn1c-2c(C2CCCCC2)c2ccc(C(=O)NS(=O)(=O)N(C)C)cc21. The van der Waals surface area contributed by atoms with Crippen LogP contribution in [-0.2, 0) is 41.6 Å². The van der Waals surface area contributed by atoms with E-state index in [4.69, 9.17) is 4.74 Å². The van der Waals surface area contributed by atoms with Crippen LogP contribution in [-0.4, -0.2) is 59.9 Å². The van der Waals surface area contributed by atoms with Gasteiger partial charge in [-0.2, -0.15) is 12.7 Å². The van der Waals surface area contributed by atoms with Gasteiger partial charge in [0.15, 0.2) is 0 Å². The largest absolute Gasteiger partial charge is 0.497 e. The number of benzene rings is 2. The number of methoxy groups -OCH3 is 1. The van der Waals surface area contributed by atoms with Crippen molar-refractivity contribution in [2.45, 2.75) is 57.5 Å². The molecule has 0 radical (unpaired) electrons. The van der Waals surface area contributed by atoms with E-state index in [1.165, 1.54) is 26.1 Å². The summed E-state index contributed by atoms with van der Waals surface area (Å²) in [7, 11) is 2.30. The molecular formula is C33H40N6O5S. The summed E-state index contributed by atoms with van der Waals surface area (Å²) in [4.78, 5) is 31.4. The zero-order valence-corrected chi connectivity index (χ0v) is 27.0. The first-order valence-electron chi connectivity index (χ1n) is 15.4. The summed E-state index contributed by atoms with van der Waals surface area (Å²) in [6, 6.07) is 11.5. The summed E-state index contributed by atoms with van der Waals surface area (Å²) in [6.45, 7) is 0.711. The second kappa shape index (κ2) is 12.3. The first-order valence-corrected chi connectivity index (χ1v) is 16.8. The van der Waals surface area contributed by atoms with Crippen molar-refractivity contribution in [1.82, 2.24) is 28.5 Å². The maximum absolute atomic E-state index is 13.8. The van der Waals surface area contributed by atoms with Gasteiger partial charge >= 0.3 is 10.2 Å². The molecule has 2 aromatic heterocycles. The van der Waals surface area contributed by atoms with Crippen molar-refractivity contribution in [3.63, 3.8) is 0 Å². The lowest BCUT2D eigenvalue weighted by Crippen LogP contribution is -2.39. The molecule has 45 heavy (non-hydrogen) atoms. The molecule has 1 unspecified atom stereocenters. The number of fused-ring (bicyclic) bond motifs is 5. The van der Waals surface area contributed by atoms with Gasteiger partial charge in [0.05, 0.1) is 37.3 Å². The average molecular weight is 633 g/mol. The summed E-state index contributed by atoms with van der Waals surface area (Å²) >= 11 is 0. The minimum Gasteiger partial charge on any atom is -0.497 e. The molecule has 6 rings (SSSR count). The molecule has 1 aliphatic heterocycles. The minimum atomic E-state index is -3.97. The van der Waals surface area contributed by atoms with Crippen LogP contribution in [0.4, 0.5) is 0 Å². The number of carbonyl (C=O) groups excluding carboxylic acids is 2. The first kappa shape index (κ1) is 30.8. The van der Waals surface area contributed by atoms with Crippen LogP contribution in [0.15, 0.2) is 48.9 Å². The number of imidazole rings is 1. The lowest BCUT2D eigenvalue weighted by atomic mass is 9.81. The van der Waals surface area contributed by atoms with E-state index in [1.54, 1.807) is 25.6 Å². The van der Waals surface area contributed by atoms with Crippen LogP contribution in [0.25, 0.3) is 22.2 Å². The van der Waals surface area contributed by atoms with Gasteiger partial charge in [-0.1, -0.05) is 25.3 Å². The third-order valence-corrected chi connectivity index (χ3v) is 10.5. The number of hydrogen-bond donors (Lipinski definition) is 2. The van der Waals surface area contributed by atoms with Gasteiger partial charge in [0.25, 0.3) is 5.91 Å². The Morgan fingerprint density at radius 2 is 1.87 bits per heavy atom. The molecule has 0 spiro atoms. The molecule has 2 amide bonds. The van der Waals surface area contributed by atoms with Gasteiger partial charge in [-0.15, -0.1) is 0 Å². The Labute approximate surface area is 263 Å². The van der Waals surface area contributed by atoms with Crippen LogP contribution in [0.5, 0.6) is 5.75 Å². The molecule has 11 nitrogen and oxygen atoms in total. The molecule has 1 atom stereocenters. The number of ether oxygens (including phenoxy) is 1. The molecule has 2 N–H and O–H groups in total. The van der Waals surface area contributed by atoms with E-state index in [-0.39, 0.29) is 11.5 Å². The van der Waals surface area contributed by atoms with E-state index in [0.29, 0.717) is 25.4 Å². The Hall–Kier alpha value is -4.16. The second-order valence-corrected chi connectivity index (χ2v) is 14.2. The zero-order chi connectivity index (χ0) is 31.9. The fourth-order valence-electron chi connectivity index (χ4n) is 6.77. The molecule has 3 heterocycles. The monoisotopic (exact) mass is 632 g/mol. The standard InChI is InChI=1S/C33H40N6O5S/c1-37(2)45(42,43)36-33(41)22-10-12-28-29(16-22)39-18-24(32(40)34-17-25-19-38(3)20-35-25)14-23-15-26(44-4)11-13-27(23)31(39)30(28)21-8-6-5-7-9-21/h10-13,15-16,19-21,24H,5-9,14,17-18H2,1-4H3,(H,34,40)(H,36,41). The Kier molecular flexibility index (Phi) is 8.45. The van der Waals surface area contributed by atoms with E-state index in [1.807, 2.05) is 36.0 Å². The average Bonchev–Trinajstić information content (AvgIpc) is 3.54. The molecule has 1 fully saturated rings. The number of nitrogens with one attached hydrogen (secondary N) is 2. The smallest absolute Gasteiger partial charge is 0.303 e. The Bertz CT molecular complexity index is 1870. The van der Waals surface area contributed by atoms with Crippen LogP contribution >= 0.6 is 0 Å².